The lowest BCUT2D eigenvalue weighted by Gasteiger charge is -2.02. The second kappa shape index (κ2) is 4.64. The van der Waals surface area contributed by atoms with Gasteiger partial charge in [-0.3, -0.25) is 9.89 Å². The number of aromatic nitrogens is 2. The SMILES string of the molecule is CCCC(=O)Nc1[nH]ncc1CC. The molecule has 0 bridgehead atoms. The fourth-order valence-corrected chi connectivity index (χ4v) is 1.12. The maximum Gasteiger partial charge on any atom is 0.225 e. The predicted molar refractivity (Wildman–Crippen MR) is 51.5 cm³/mol. The van der Waals surface area contributed by atoms with Crippen LogP contribution in [0.25, 0.3) is 0 Å². The van der Waals surface area contributed by atoms with E-state index >= 15 is 0 Å². The Balaban J connectivity index is 2.57. The van der Waals surface area contributed by atoms with Gasteiger partial charge in [0, 0.05) is 12.0 Å². The average Bonchev–Trinajstić information content (AvgIpc) is 2.52. The fraction of sp³-hybridized carbons (Fsp3) is 0.556. The van der Waals surface area contributed by atoms with Gasteiger partial charge in [-0.05, 0) is 12.8 Å². The topological polar surface area (TPSA) is 57.8 Å². The molecule has 0 atom stereocenters. The molecule has 0 saturated heterocycles. The lowest BCUT2D eigenvalue weighted by molar-refractivity contribution is -0.116. The number of carbonyl (C=O) groups is 1. The van der Waals surface area contributed by atoms with Crippen molar-refractivity contribution in [1.29, 1.82) is 0 Å². The molecule has 0 fully saturated rings. The summed E-state index contributed by atoms with van der Waals surface area (Å²) in [5, 5.41) is 9.42. The third kappa shape index (κ3) is 2.57. The summed E-state index contributed by atoms with van der Waals surface area (Å²) in [6.07, 6.45) is 4.03. The molecule has 72 valence electrons. The first-order chi connectivity index (χ1) is 6.27. The molecule has 1 aromatic rings. The van der Waals surface area contributed by atoms with E-state index in [-0.39, 0.29) is 5.91 Å². The zero-order chi connectivity index (χ0) is 9.68. The summed E-state index contributed by atoms with van der Waals surface area (Å²) in [6, 6.07) is 0. The third-order valence-corrected chi connectivity index (χ3v) is 1.84. The highest BCUT2D eigenvalue weighted by molar-refractivity contribution is 5.90. The van der Waals surface area contributed by atoms with Crippen LogP contribution in [0, 0.1) is 0 Å². The molecule has 4 heteroatoms. The number of amides is 1. The number of aromatic amines is 1. The van der Waals surface area contributed by atoms with Crippen LogP contribution in [0.2, 0.25) is 0 Å². The molecule has 1 heterocycles. The monoisotopic (exact) mass is 181 g/mol. The van der Waals surface area contributed by atoms with Crippen molar-refractivity contribution >= 4 is 11.7 Å². The molecule has 1 rings (SSSR count). The fourth-order valence-electron chi connectivity index (χ4n) is 1.12. The van der Waals surface area contributed by atoms with Gasteiger partial charge in [-0.2, -0.15) is 5.10 Å². The summed E-state index contributed by atoms with van der Waals surface area (Å²) >= 11 is 0. The molecule has 1 aromatic heterocycles. The van der Waals surface area contributed by atoms with E-state index in [2.05, 4.69) is 15.5 Å². The van der Waals surface area contributed by atoms with Crippen molar-refractivity contribution in [3.63, 3.8) is 0 Å². The second-order valence-electron chi connectivity index (χ2n) is 2.92. The van der Waals surface area contributed by atoms with E-state index in [1.807, 2.05) is 13.8 Å². The molecule has 1 amide bonds. The van der Waals surface area contributed by atoms with Gasteiger partial charge in [-0.15, -0.1) is 0 Å². The van der Waals surface area contributed by atoms with Gasteiger partial charge in [0.1, 0.15) is 5.82 Å². The third-order valence-electron chi connectivity index (χ3n) is 1.84. The van der Waals surface area contributed by atoms with Crippen molar-refractivity contribution in [3.8, 4) is 0 Å². The Morgan fingerprint density at radius 3 is 3.00 bits per heavy atom. The lowest BCUT2D eigenvalue weighted by Crippen LogP contribution is -2.12. The number of anilines is 1. The van der Waals surface area contributed by atoms with Crippen molar-refractivity contribution in [2.45, 2.75) is 33.1 Å². The minimum Gasteiger partial charge on any atom is -0.311 e. The number of carbonyl (C=O) groups excluding carboxylic acids is 1. The van der Waals surface area contributed by atoms with Crippen molar-refractivity contribution in [1.82, 2.24) is 10.2 Å². The molecule has 13 heavy (non-hydrogen) atoms. The standard InChI is InChI=1S/C9H15N3O/c1-3-5-8(13)11-9-7(4-2)6-10-12-9/h6H,3-5H2,1-2H3,(H2,10,11,12,13). The Bertz CT molecular complexity index is 280. The Morgan fingerprint density at radius 1 is 1.62 bits per heavy atom. The van der Waals surface area contributed by atoms with Gasteiger partial charge in [0.15, 0.2) is 0 Å². The highest BCUT2D eigenvalue weighted by Crippen LogP contribution is 2.11. The van der Waals surface area contributed by atoms with E-state index in [0.717, 1.165) is 24.2 Å². The minimum absolute atomic E-state index is 0.0430. The smallest absolute Gasteiger partial charge is 0.225 e. The highest BCUT2D eigenvalue weighted by atomic mass is 16.1. The molecule has 0 spiro atoms. The highest BCUT2D eigenvalue weighted by Gasteiger charge is 2.05. The predicted octanol–water partition coefficient (Wildman–Crippen LogP) is 1.71. The van der Waals surface area contributed by atoms with Crippen molar-refractivity contribution in [2.24, 2.45) is 0 Å². The van der Waals surface area contributed by atoms with Gasteiger partial charge in [-0.25, -0.2) is 0 Å². The van der Waals surface area contributed by atoms with E-state index < -0.39 is 0 Å². The van der Waals surface area contributed by atoms with Crippen LogP contribution in [0.15, 0.2) is 6.20 Å². The second-order valence-corrected chi connectivity index (χ2v) is 2.92. The van der Waals surface area contributed by atoms with E-state index in [0.29, 0.717) is 6.42 Å². The Morgan fingerprint density at radius 2 is 2.38 bits per heavy atom. The summed E-state index contributed by atoms with van der Waals surface area (Å²) in [5.74, 6) is 0.780. The van der Waals surface area contributed by atoms with Gasteiger partial charge in [0.25, 0.3) is 0 Å². The zero-order valence-corrected chi connectivity index (χ0v) is 8.05. The first-order valence-corrected chi connectivity index (χ1v) is 4.60. The van der Waals surface area contributed by atoms with E-state index in [9.17, 15) is 4.79 Å². The van der Waals surface area contributed by atoms with Crippen LogP contribution >= 0.6 is 0 Å². The largest absolute Gasteiger partial charge is 0.311 e. The molecular weight excluding hydrogens is 166 g/mol. The number of H-pyrrole nitrogens is 1. The van der Waals surface area contributed by atoms with E-state index in [1.54, 1.807) is 6.20 Å². The Labute approximate surface area is 77.7 Å². The number of hydrogen-bond donors (Lipinski definition) is 2. The molecule has 0 saturated carbocycles. The van der Waals surface area contributed by atoms with Gasteiger partial charge in [0.05, 0.1) is 6.20 Å². The number of nitrogens with zero attached hydrogens (tertiary/aromatic N) is 1. The molecule has 0 aliphatic carbocycles. The average molecular weight is 181 g/mol. The molecule has 0 aromatic carbocycles. The van der Waals surface area contributed by atoms with Crippen molar-refractivity contribution in [2.75, 3.05) is 5.32 Å². The van der Waals surface area contributed by atoms with Gasteiger partial charge in [-0.1, -0.05) is 13.8 Å². The first-order valence-electron chi connectivity index (χ1n) is 4.60. The number of aryl methyl sites for hydroxylation is 1. The van der Waals surface area contributed by atoms with Crippen LogP contribution in [-0.4, -0.2) is 16.1 Å². The van der Waals surface area contributed by atoms with Gasteiger partial charge in [0.2, 0.25) is 5.91 Å². The van der Waals surface area contributed by atoms with Gasteiger partial charge >= 0.3 is 0 Å². The Hall–Kier alpha value is -1.32. The molecular formula is C9H15N3O. The van der Waals surface area contributed by atoms with Crippen LogP contribution in [0.1, 0.15) is 32.3 Å². The van der Waals surface area contributed by atoms with E-state index in [4.69, 9.17) is 0 Å². The summed E-state index contributed by atoms with van der Waals surface area (Å²) < 4.78 is 0. The quantitative estimate of drug-likeness (QED) is 0.742. The molecule has 2 N–H and O–H groups in total. The summed E-state index contributed by atoms with van der Waals surface area (Å²) in [7, 11) is 0. The molecule has 0 radical (unpaired) electrons. The van der Waals surface area contributed by atoms with Crippen LogP contribution in [0.3, 0.4) is 0 Å². The maximum atomic E-state index is 11.2. The van der Waals surface area contributed by atoms with Crippen molar-refractivity contribution < 1.29 is 4.79 Å². The molecule has 4 nitrogen and oxygen atoms in total. The van der Waals surface area contributed by atoms with Crippen LogP contribution in [0.4, 0.5) is 5.82 Å². The van der Waals surface area contributed by atoms with Crippen LogP contribution < -0.4 is 5.32 Å². The molecule has 0 unspecified atom stereocenters. The summed E-state index contributed by atoms with van der Waals surface area (Å²) in [5.41, 5.74) is 1.05. The summed E-state index contributed by atoms with van der Waals surface area (Å²) in [4.78, 5) is 11.2. The number of rotatable bonds is 4. The lowest BCUT2D eigenvalue weighted by atomic mass is 10.2. The maximum absolute atomic E-state index is 11.2. The normalized spacial score (nSPS) is 10.0. The number of hydrogen-bond acceptors (Lipinski definition) is 2. The van der Waals surface area contributed by atoms with Gasteiger partial charge < -0.3 is 5.32 Å². The van der Waals surface area contributed by atoms with Crippen molar-refractivity contribution in [3.05, 3.63) is 11.8 Å². The van der Waals surface area contributed by atoms with Crippen LogP contribution in [-0.2, 0) is 11.2 Å². The Kier molecular flexibility index (Phi) is 3.49. The van der Waals surface area contributed by atoms with E-state index in [1.165, 1.54) is 0 Å². The first kappa shape index (κ1) is 9.77. The molecule has 0 aliphatic rings. The number of nitrogens with one attached hydrogen (secondary N) is 2. The molecule has 0 aliphatic heterocycles. The zero-order valence-electron chi connectivity index (χ0n) is 8.05. The minimum atomic E-state index is 0.0430. The van der Waals surface area contributed by atoms with Crippen LogP contribution in [0.5, 0.6) is 0 Å². The summed E-state index contributed by atoms with van der Waals surface area (Å²) in [6.45, 7) is 4.01.